The maximum absolute atomic E-state index is 12.1. The number of carbonyl (C=O) groups excluding carboxylic acids is 2. The van der Waals surface area contributed by atoms with Crippen molar-refractivity contribution in [2.24, 2.45) is 5.92 Å². The highest BCUT2D eigenvalue weighted by atomic mass is 16.6. The Morgan fingerprint density at radius 2 is 1.93 bits per heavy atom. The molecule has 2 amide bonds. The lowest BCUT2D eigenvalue weighted by molar-refractivity contribution is -0.137. The van der Waals surface area contributed by atoms with Crippen molar-refractivity contribution in [2.45, 2.75) is 64.4 Å². The minimum absolute atomic E-state index is 0.0195. The van der Waals surface area contributed by atoms with Crippen molar-refractivity contribution in [2.75, 3.05) is 33.4 Å². The second-order valence-corrected chi connectivity index (χ2v) is 7.79. The van der Waals surface area contributed by atoms with Crippen LogP contribution in [-0.4, -0.2) is 69.3 Å². The normalized spacial score (nSPS) is 29.7. The smallest absolute Gasteiger partial charge is 0.407 e. The SMILES string of the molecule is COC1C(OC(=O)NCCNC(C)=O)CC[C@]2(CO2)C1[C@H](C)OCC=C(C)C. The third-order valence-electron chi connectivity index (χ3n) is 5.35. The molecule has 3 unspecified atom stereocenters. The second kappa shape index (κ2) is 10.2. The van der Waals surface area contributed by atoms with Crippen LogP contribution in [0.4, 0.5) is 4.79 Å². The number of rotatable bonds is 9. The summed E-state index contributed by atoms with van der Waals surface area (Å²) in [5, 5.41) is 5.28. The van der Waals surface area contributed by atoms with Crippen molar-refractivity contribution < 1.29 is 28.5 Å². The Kier molecular flexibility index (Phi) is 8.27. The van der Waals surface area contributed by atoms with Crippen LogP contribution >= 0.6 is 0 Å². The highest BCUT2D eigenvalue weighted by Gasteiger charge is 2.61. The van der Waals surface area contributed by atoms with Crippen LogP contribution in [0.3, 0.4) is 0 Å². The number of epoxide rings is 1. The number of nitrogens with one attached hydrogen (secondary N) is 2. The molecule has 2 fully saturated rings. The van der Waals surface area contributed by atoms with Crippen LogP contribution in [0.2, 0.25) is 0 Å². The molecule has 0 bridgehead atoms. The first-order valence-corrected chi connectivity index (χ1v) is 9.89. The first kappa shape index (κ1) is 22.6. The van der Waals surface area contributed by atoms with Gasteiger partial charge in [-0.05, 0) is 33.6 Å². The van der Waals surface area contributed by atoms with E-state index >= 15 is 0 Å². The van der Waals surface area contributed by atoms with Gasteiger partial charge in [0.25, 0.3) is 0 Å². The van der Waals surface area contributed by atoms with Gasteiger partial charge in [-0.3, -0.25) is 4.79 Å². The van der Waals surface area contributed by atoms with Crippen LogP contribution in [0.5, 0.6) is 0 Å². The molecule has 1 heterocycles. The predicted molar refractivity (Wildman–Crippen MR) is 104 cm³/mol. The molecule has 2 N–H and O–H groups in total. The number of carbonyl (C=O) groups is 2. The van der Waals surface area contributed by atoms with Crippen LogP contribution in [0, 0.1) is 5.92 Å². The van der Waals surface area contributed by atoms with Crippen molar-refractivity contribution in [3.63, 3.8) is 0 Å². The molecule has 160 valence electrons. The Labute approximate surface area is 167 Å². The number of ether oxygens (including phenoxy) is 4. The third-order valence-corrected chi connectivity index (χ3v) is 5.35. The van der Waals surface area contributed by atoms with Gasteiger partial charge < -0.3 is 29.6 Å². The van der Waals surface area contributed by atoms with E-state index in [4.69, 9.17) is 18.9 Å². The Morgan fingerprint density at radius 3 is 2.50 bits per heavy atom. The molecule has 2 rings (SSSR count). The number of amides is 2. The van der Waals surface area contributed by atoms with E-state index in [0.717, 1.165) is 6.42 Å². The summed E-state index contributed by atoms with van der Waals surface area (Å²) in [5.41, 5.74) is 0.959. The third kappa shape index (κ3) is 6.18. The molecule has 8 nitrogen and oxygen atoms in total. The lowest BCUT2D eigenvalue weighted by atomic mass is 9.73. The Balaban J connectivity index is 1.94. The summed E-state index contributed by atoms with van der Waals surface area (Å²) in [5.74, 6) is -0.157. The monoisotopic (exact) mass is 398 g/mol. The molecule has 5 atom stereocenters. The van der Waals surface area contributed by atoms with Crippen molar-refractivity contribution in [1.29, 1.82) is 0 Å². The van der Waals surface area contributed by atoms with E-state index in [2.05, 4.69) is 10.6 Å². The molecule has 28 heavy (non-hydrogen) atoms. The summed E-state index contributed by atoms with van der Waals surface area (Å²) in [4.78, 5) is 23.0. The standard InChI is InChI=1S/C20H34N2O6/c1-13(2)7-11-26-14(3)17-18(25-5)16(6-8-20(17)12-27-20)28-19(24)22-10-9-21-15(4)23/h7,14,16-18H,6,8-12H2,1-5H3,(H,21,23)(H,22,24)/t14-,16?,17?,18?,20-/m0/s1. The summed E-state index contributed by atoms with van der Waals surface area (Å²) < 4.78 is 23.2. The van der Waals surface area contributed by atoms with Crippen molar-refractivity contribution in [3.05, 3.63) is 11.6 Å². The van der Waals surface area contributed by atoms with Gasteiger partial charge in [0, 0.05) is 33.0 Å². The number of methoxy groups -OCH3 is 1. The van der Waals surface area contributed by atoms with Crippen molar-refractivity contribution in [3.8, 4) is 0 Å². The van der Waals surface area contributed by atoms with Gasteiger partial charge >= 0.3 is 6.09 Å². The topological polar surface area (TPSA) is 98.4 Å². The molecule has 0 aromatic rings. The van der Waals surface area contributed by atoms with E-state index in [1.165, 1.54) is 12.5 Å². The largest absolute Gasteiger partial charge is 0.443 e. The van der Waals surface area contributed by atoms with E-state index in [9.17, 15) is 9.59 Å². The lowest BCUT2D eigenvalue weighted by Crippen LogP contribution is -2.55. The summed E-state index contributed by atoms with van der Waals surface area (Å²) in [7, 11) is 1.63. The van der Waals surface area contributed by atoms with E-state index in [1.54, 1.807) is 7.11 Å². The summed E-state index contributed by atoms with van der Waals surface area (Å²) in [6.45, 7) is 9.40. The van der Waals surface area contributed by atoms with Gasteiger partial charge in [-0.2, -0.15) is 0 Å². The van der Waals surface area contributed by atoms with Crippen LogP contribution in [0.25, 0.3) is 0 Å². The van der Waals surface area contributed by atoms with Crippen LogP contribution in [0.15, 0.2) is 11.6 Å². The highest BCUT2D eigenvalue weighted by Crippen LogP contribution is 2.49. The fraction of sp³-hybridized carbons (Fsp3) is 0.800. The lowest BCUT2D eigenvalue weighted by Gasteiger charge is -2.42. The highest BCUT2D eigenvalue weighted by molar-refractivity contribution is 5.73. The molecule has 0 aromatic carbocycles. The number of allylic oxidation sites excluding steroid dienone is 1. The van der Waals surface area contributed by atoms with Crippen LogP contribution in [-0.2, 0) is 23.7 Å². The average molecular weight is 399 g/mol. The molecule has 1 saturated heterocycles. The first-order chi connectivity index (χ1) is 13.3. The maximum Gasteiger partial charge on any atom is 0.407 e. The minimum Gasteiger partial charge on any atom is -0.443 e. The van der Waals surface area contributed by atoms with Crippen LogP contribution < -0.4 is 10.6 Å². The number of hydrogen-bond acceptors (Lipinski definition) is 6. The molecular weight excluding hydrogens is 364 g/mol. The average Bonchev–Trinajstić information content (AvgIpc) is 3.39. The van der Waals surface area contributed by atoms with E-state index in [-0.39, 0.29) is 35.7 Å². The molecule has 8 heteroatoms. The minimum atomic E-state index is -0.512. The van der Waals surface area contributed by atoms with Gasteiger partial charge in [-0.25, -0.2) is 4.79 Å². The fourth-order valence-electron chi connectivity index (χ4n) is 3.85. The van der Waals surface area contributed by atoms with Gasteiger partial charge in [0.2, 0.25) is 5.91 Å². The summed E-state index contributed by atoms with van der Waals surface area (Å²) in [6, 6.07) is 0. The molecule has 1 saturated carbocycles. The molecule has 1 spiro atoms. The molecule has 0 radical (unpaired) electrons. The van der Waals surface area contributed by atoms with Gasteiger partial charge in [0.15, 0.2) is 0 Å². The maximum atomic E-state index is 12.1. The quantitative estimate of drug-likeness (QED) is 0.349. The van der Waals surface area contributed by atoms with Crippen LogP contribution in [0.1, 0.15) is 40.5 Å². The molecule has 1 aliphatic heterocycles. The van der Waals surface area contributed by atoms with Crippen molar-refractivity contribution in [1.82, 2.24) is 10.6 Å². The van der Waals surface area contributed by atoms with Gasteiger partial charge in [-0.1, -0.05) is 11.6 Å². The van der Waals surface area contributed by atoms with Gasteiger partial charge in [0.05, 0.1) is 24.9 Å². The summed E-state index contributed by atoms with van der Waals surface area (Å²) in [6.07, 6.45) is 2.23. The van der Waals surface area contributed by atoms with Gasteiger partial charge in [0.1, 0.15) is 12.2 Å². The zero-order valence-corrected chi connectivity index (χ0v) is 17.6. The fourth-order valence-corrected chi connectivity index (χ4v) is 3.85. The molecule has 0 aromatic heterocycles. The zero-order valence-electron chi connectivity index (χ0n) is 17.6. The van der Waals surface area contributed by atoms with Crippen molar-refractivity contribution >= 4 is 12.0 Å². The van der Waals surface area contributed by atoms with E-state index in [0.29, 0.717) is 32.7 Å². The zero-order chi connectivity index (χ0) is 20.7. The molecular formula is C20H34N2O6. The van der Waals surface area contributed by atoms with Gasteiger partial charge in [-0.15, -0.1) is 0 Å². The Hall–Kier alpha value is -1.64. The summed E-state index contributed by atoms with van der Waals surface area (Å²) >= 11 is 0. The van der Waals surface area contributed by atoms with E-state index in [1.807, 2.05) is 26.8 Å². The van der Waals surface area contributed by atoms with E-state index < -0.39 is 6.09 Å². The number of alkyl carbamates (subject to hydrolysis) is 1. The Morgan fingerprint density at radius 1 is 1.25 bits per heavy atom. The Bertz CT molecular complexity index is 571. The predicted octanol–water partition coefficient (Wildman–Crippen LogP) is 1.78. The molecule has 2 aliphatic rings. The first-order valence-electron chi connectivity index (χ1n) is 9.89. The second-order valence-electron chi connectivity index (χ2n) is 7.79. The molecule has 1 aliphatic carbocycles. The number of hydrogen-bond donors (Lipinski definition) is 2.